The molecule has 2 rings (SSSR count). The van der Waals surface area contributed by atoms with Crippen LogP contribution < -0.4 is 5.32 Å². The van der Waals surface area contributed by atoms with Crippen LogP contribution in [0, 0.1) is 0 Å². The molecule has 1 heterocycles. The SMILES string of the molecule is CSC1CCC(Nc2nnc(Br)s2)CC1. The lowest BCUT2D eigenvalue weighted by Gasteiger charge is -2.27. The van der Waals surface area contributed by atoms with Crippen molar-refractivity contribution in [3.8, 4) is 0 Å². The molecule has 0 aliphatic heterocycles. The molecule has 1 aliphatic carbocycles. The Morgan fingerprint density at radius 2 is 2.07 bits per heavy atom. The van der Waals surface area contributed by atoms with Gasteiger partial charge >= 0.3 is 0 Å². The second-order valence-corrected chi connectivity index (χ2v) is 7.11. The predicted molar refractivity (Wildman–Crippen MR) is 70.8 cm³/mol. The summed E-state index contributed by atoms with van der Waals surface area (Å²) in [4.78, 5) is 0. The summed E-state index contributed by atoms with van der Waals surface area (Å²) in [5.41, 5.74) is 0. The summed E-state index contributed by atoms with van der Waals surface area (Å²) in [6.45, 7) is 0. The monoisotopic (exact) mass is 307 g/mol. The molecular formula is C9H14BrN3S2. The Morgan fingerprint density at radius 3 is 2.60 bits per heavy atom. The molecule has 84 valence electrons. The summed E-state index contributed by atoms with van der Waals surface area (Å²) in [5.74, 6) is 0. The molecule has 0 amide bonds. The molecule has 1 N–H and O–H groups in total. The molecule has 15 heavy (non-hydrogen) atoms. The van der Waals surface area contributed by atoms with Gasteiger partial charge in [0.2, 0.25) is 5.13 Å². The van der Waals surface area contributed by atoms with Gasteiger partial charge in [-0.25, -0.2) is 0 Å². The Balaban J connectivity index is 1.82. The highest BCUT2D eigenvalue weighted by molar-refractivity contribution is 9.11. The maximum atomic E-state index is 4.05. The Kier molecular flexibility index (Phi) is 4.28. The fraction of sp³-hybridized carbons (Fsp3) is 0.778. The first-order valence-corrected chi connectivity index (χ1v) is 7.96. The van der Waals surface area contributed by atoms with Crippen molar-refractivity contribution in [2.45, 2.75) is 37.0 Å². The molecule has 0 spiro atoms. The second-order valence-electron chi connectivity index (χ2n) is 3.71. The zero-order chi connectivity index (χ0) is 10.7. The van der Waals surface area contributed by atoms with Crippen molar-refractivity contribution < 1.29 is 0 Å². The van der Waals surface area contributed by atoms with E-state index in [2.05, 4.69) is 37.7 Å². The number of rotatable bonds is 3. The molecule has 0 aromatic carbocycles. The van der Waals surface area contributed by atoms with E-state index < -0.39 is 0 Å². The third-order valence-electron chi connectivity index (χ3n) is 2.74. The van der Waals surface area contributed by atoms with Crippen LogP contribution in [0.4, 0.5) is 5.13 Å². The molecule has 1 saturated carbocycles. The average molecular weight is 308 g/mol. The first-order valence-electron chi connectivity index (χ1n) is 5.06. The Bertz CT molecular complexity index is 310. The normalized spacial score (nSPS) is 26.5. The minimum Gasteiger partial charge on any atom is -0.357 e. The second kappa shape index (κ2) is 5.50. The van der Waals surface area contributed by atoms with Crippen LogP contribution in [0.25, 0.3) is 0 Å². The number of nitrogens with one attached hydrogen (secondary N) is 1. The Labute approximate surface area is 107 Å². The van der Waals surface area contributed by atoms with Gasteiger partial charge < -0.3 is 5.32 Å². The number of halogens is 1. The molecule has 1 fully saturated rings. The molecule has 3 nitrogen and oxygen atoms in total. The van der Waals surface area contributed by atoms with Crippen molar-refractivity contribution in [2.75, 3.05) is 11.6 Å². The summed E-state index contributed by atoms with van der Waals surface area (Å²) >= 11 is 6.88. The van der Waals surface area contributed by atoms with E-state index in [9.17, 15) is 0 Å². The molecule has 6 heteroatoms. The van der Waals surface area contributed by atoms with Crippen LogP contribution in [0.15, 0.2) is 3.92 Å². The van der Waals surface area contributed by atoms with Crippen molar-refractivity contribution in [3.63, 3.8) is 0 Å². The van der Waals surface area contributed by atoms with Gasteiger partial charge in [-0.2, -0.15) is 11.8 Å². The summed E-state index contributed by atoms with van der Waals surface area (Å²) in [6, 6.07) is 0.591. The third-order valence-corrected chi connectivity index (χ3v) is 5.16. The van der Waals surface area contributed by atoms with Crippen molar-refractivity contribution in [2.24, 2.45) is 0 Å². The quantitative estimate of drug-likeness (QED) is 0.929. The van der Waals surface area contributed by atoms with Gasteiger partial charge in [0.1, 0.15) is 0 Å². The van der Waals surface area contributed by atoms with Gasteiger partial charge in [-0.05, 0) is 47.9 Å². The summed E-state index contributed by atoms with van der Waals surface area (Å²) in [6.07, 6.45) is 7.35. The Hall–Kier alpha value is 0.190. The predicted octanol–water partition coefficient (Wildman–Crippen LogP) is 3.39. The minimum absolute atomic E-state index is 0.591. The number of anilines is 1. The fourth-order valence-corrected chi connectivity index (χ4v) is 3.71. The lowest BCUT2D eigenvalue weighted by molar-refractivity contribution is 0.473. The number of hydrogen-bond acceptors (Lipinski definition) is 5. The molecule has 0 unspecified atom stereocenters. The zero-order valence-electron chi connectivity index (χ0n) is 8.57. The van der Waals surface area contributed by atoms with Gasteiger partial charge in [-0.1, -0.05) is 11.3 Å². The van der Waals surface area contributed by atoms with Crippen LogP contribution in [0.2, 0.25) is 0 Å². The van der Waals surface area contributed by atoms with E-state index in [1.165, 1.54) is 25.7 Å². The van der Waals surface area contributed by atoms with E-state index in [0.29, 0.717) is 6.04 Å². The van der Waals surface area contributed by atoms with Crippen molar-refractivity contribution >= 4 is 44.2 Å². The van der Waals surface area contributed by atoms with Crippen LogP contribution >= 0.6 is 39.0 Å². The molecule has 0 bridgehead atoms. The van der Waals surface area contributed by atoms with Crippen LogP contribution in [0.3, 0.4) is 0 Å². The number of nitrogens with zero attached hydrogens (tertiary/aromatic N) is 2. The number of thioether (sulfide) groups is 1. The van der Waals surface area contributed by atoms with E-state index in [0.717, 1.165) is 14.3 Å². The van der Waals surface area contributed by atoms with E-state index in [1.807, 2.05) is 11.8 Å². The summed E-state index contributed by atoms with van der Waals surface area (Å²) in [7, 11) is 0. The number of aromatic nitrogens is 2. The fourth-order valence-electron chi connectivity index (χ4n) is 1.88. The minimum atomic E-state index is 0.591. The van der Waals surface area contributed by atoms with E-state index in [-0.39, 0.29) is 0 Å². The molecule has 0 radical (unpaired) electrons. The highest BCUT2D eigenvalue weighted by Gasteiger charge is 2.20. The van der Waals surface area contributed by atoms with Gasteiger partial charge in [-0.3, -0.25) is 0 Å². The molecule has 0 atom stereocenters. The van der Waals surface area contributed by atoms with Gasteiger partial charge in [0.15, 0.2) is 3.92 Å². The lowest BCUT2D eigenvalue weighted by atomic mass is 9.95. The summed E-state index contributed by atoms with van der Waals surface area (Å²) in [5, 5.41) is 13.2. The number of hydrogen-bond donors (Lipinski definition) is 1. The molecule has 0 saturated heterocycles. The highest BCUT2D eigenvalue weighted by Crippen LogP contribution is 2.29. The maximum absolute atomic E-state index is 4.05. The van der Waals surface area contributed by atoms with Crippen molar-refractivity contribution in [1.82, 2.24) is 10.2 Å². The molecule has 1 aromatic rings. The highest BCUT2D eigenvalue weighted by atomic mass is 79.9. The van der Waals surface area contributed by atoms with Crippen molar-refractivity contribution in [3.05, 3.63) is 3.92 Å². The lowest BCUT2D eigenvalue weighted by Crippen LogP contribution is -2.26. The largest absolute Gasteiger partial charge is 0.357 e. The van der Waals surface area contributed by atoms with Crippen molar-refractivity contribution in [1.29, 1.82) is 0 Å². The smallest absolute Gasteiger partial charge is 0.206 e. The van der Waals surface area contributed by atoms with Crippen LogP contribution in [-0.4, -0.2) is 27.7 Å². The van der Waals surface area contributed by atoms with E-state index in [1.54, 1.807) is 11.3 Å². The first-order chi connectivity index (χ1) is 7.28. The van der Waals surface area contributed by atoms with Gasteiger partial charge in [-0.15, -0.1) is 10.2 Å². The van der Waals surface area contributed by atoms with Crippen LogP contribution in [0.5, 0.6) is 0 Å². The average Bonchev–Trinajstić information content (AvgIpc) is 2.65. The molecular weight excluding hydrogens is 294 g/mol. The van der Waals surface area contributed by atoms with E-state index >= 15 is 0 Å². The van der Waals surface area contributed by atoms with Crippen LogP contribution in [-0.2, 0) is 0 Å². The van der Waals surface area contributed by atoms with Gasteiger partial charge in [0.25, 0.3) is 0 Å². The molecule has 1 aromatic heterocycles. The standard InChI is InChI=1S/C9H14BrN3S2/c1-14-7-4-2-6(3-5-7)11-9-13-12-8(10)15-9/h6-7H,2-5H2,1H3,(H,11,13). The first kappa shape index (κ1) is 11.7. The van der Waals surface area contributed by atoms with Gasteiger partial charge in [0, 0.05) is 11.3 Å². The van der Waals surface area contributed by atoms with Gasteiger partial charge in [0.05, 0.1) is 0 Å². The maximum Gasteiger partial charge on any atom is 0.206 e. The Morgan fingerprint density at radius 1 is 1.33 bits per heavy atom. The van der Waals surface area contributed by atoms with E-state index in [4.69, 9.17) is 0 Å². The molecule has 1 aliphatic rings. The topological polar surface area (TPSA) is 37.8 Å². The zero-order valence-corrected chi connectivity index (χ0v) is 11.8. The third kappa shape index (κ3) is 3.32. The summed E-state index contributed by atoms with van der Waals surface area (Å²) < 4.78 is 0.850. The van der Waals surface area contributed by atoms with Crippen LogP contribution in [0.1, 0.15) is 25.7 Å².